The van der Waals surface area contributed by atoms with Crippen molar-refractivity contribution < 1.29 is 18.0 Å². The summed E-state index contributed by atoms with van der Waals surface area (Å²) in [7, 11) is 1.65. The molecule has 0 saturated heterocycles. The average Bonchev–Trinajstić information content (AvgIpc) is 3.26. The summed E-state index contributed by atoms with van der Waals surface area (Å²) in [5, 5.41) is 0.0350. The SMILES string of the molecule is CN(Cc1ccncc1)C(=O)c1cnc(SCc2c(F)ccc(F)c2Cl)n1-c1ccc(F)cc1. The van der Waals surface area contributed by atoms with Gasteiger partial charge in [0.2, 0.25) is 0 Å². The van der Waals surface area contributed by atoms with E-state index in [4.69, 9.17) is 11.6 Å². The summed E-state index contributed by atoms with van der Waals surface area (Å²) < 4.78 is 43.2. The van der Waals surface area contributed by atoms with Crippen molar-refractivity contribution in [1.82, 2.24) is 19.4 Å². The fraction of sp³-hybridized carbons (Fsp3) is 0.125. The van der Waals surface area contributed by atoms with Gasteiger partial charge >= 0.3 is 0 Å². The van der Waals surface area contributed by atoms with Crippen LogP contribution in [0.5, 0.6) is 0 Å². The molecule has 0 radical (unpaired) electrons. The van der Waals surface area contributed by atoms with Crippen molar-refractivity contribution in [1.29, 1.82) is 0 Å². The number of pyridine rings is 1. The van der Waals surface area contributed by atoms with E-state index in [9.17, 15) is 18.0 Å². The number of imidazole rings is 1. The van der Waals surface area contributed by atoms with Crippen LogP contribution >= 0.6 is 23.4 Å². The van der Waals surface area contributed by atoms with Gasteiger partial charge in [0.05, 0.1) is 11.2 Å². The second kappa shape index (κ2) is 10.3. The lowest BCUT2D eigenvalue weighted by atomic mass is 10.2. The highest BCUT2D eigenvalue weighted by molar-refractivity contribution is 7.98. The Kier molecular flexibility index (Phi) is 7.23. The maximum absolute atomic E-state index is 14.2. The quantitative estimate of drug-likeness (QED) is 0.233. The molecule has 0 atom stereocenters. The van der Waals surface area contributed by atoms with Crippen molar-refractivity contribution >= 4 is 29.3 Å². The second-order valence-corrected chi connectivity index (χ2v) is 8.69. The number of halogens is 4. The highest BCUT2D eigenvalue weighted by Gasteiger charge is 2.22. The van der Waals surface area contributed by atoms with Crippen LogP contribution < -0.4 is 0 Å². The molecule has 0 saturated carbocycles. The highest BCUT2D eigenvalue weighted by Crippen LogP contribution is 2.32. The monoisotopic (exact) mass is 502 g/mol. The number of aromatic nitrogens is 3. The van der Waals surface area contributed by atoms with E-state index in [1.807, 2.05) is 0 Å². The summed E-state index contributed by atoms with van der Waals surface area (Å²) in [6.07, 6.45) is 4.68. The van der Waals surface area contributed by atoms with Crippen LogP contribution in [0, 0.1) is 17.5 Å². The van der Waals surface area contributed by atoms with Crippen molar-refractivity contribution in [2.75, 3.05) is 7.05 Å². The number of thioether (sulfide) groups is 1. The molecule has 2 aromatic heterocycles. The maximum atomic E-state index is 14.2. The third-order valence-electron chi connectivity index (χ3n) is 5.03. The van der Waals surface area contributed by atoms with Crippen LogP contribution in [0.4, 0.5) is 13.2 Å². The maximum Gasteiger partial charge on any atom is 0.272 e. The first-order valence-electron chi connectivity index (χ1n) is 10.1. The van der Waals surface area contributed by atoms with Crippen LogP contribution in [0.15, 0.2) is 72.3 Å². The lowest BCUT2D eigenvalue weighted by Crippen LogP contribution is -2.28. The van der Waals surface area contributed by atoms with Crippen molar-refractivity contribution in [3.8, 4) is 5.69 Å². The molecule has 5 nitrogen and oxygen atoms in total. The summed E-state index contributed by atoms with van der Waals surface area (Å²) in [4.78, 5) is 23.1. The number of benzene rings is 2. The molecule has 174 valence electrons. The lowest BCUT2D eigenvalue weighted by Gasteiger charge is -2.19. The Morgan fingerprint density at radius 1 is 1.03 bits per heavy atom. The third-order valence-corrected chi connectivity index (χ3v) is 6.42. The van der Waals surface area contributed by atoms with Gasteiger partial charge in [0, 0.05) is 43.0 Å². The van der Waals surface area contributed by atoms with Gasteiger partial charge in [-0.15, -0.1) is 0 Å². The highest BCUT2D eigenvalue weighted by atomic mass is 35.5. The molecule has 0 unspecified atom stereocenters. The van der Waals surface area contributed by atoms with Crippen LogP contribution in [0.2, 0.25) is 5.02 Å². The first-order chi connectivity index (χ1) is 16.3. The number of nitrogens with zero attached hydrogens (tertiary/aromatic N) is 4. The molecule has 0 bridgehead atoms. The largest absolute Gasteiger partial charge is 0.336 e. The summed E-state index contributed by atoms with van der Waals surface area (Å²) >= 11 is 7.03. The predicted octanol–water partition coefficient (Wildman–Crippen LogP) is 5.90. The fourth-order valence-electron chi connectivity index (χ4n) is 3.29. The Morgan fingerprint density at radius 2 is 1.71 bits per heavy atom. The van der Waals surface area contributed by atoms with Crippen molar-refractivity contribution in [2.24, 2.45) is 0 Å². The zero-order valence-electron chi connectivity index (χ0n) is 17.9. The smallest absolute Gasteiger partial charge is 0.272 e. The van der Waals surface area contributed by atoms with Gasteiger partial charge in [0.1, 0.15) is 23.1 Å². The van der Waals surface area contributed by atoms with Gasteiger partial charge in [0.25, 0.3) is 5.91 Å². The van der Waals surface area contributed by atoms with Crippen LogP contribution in [0.1, 0.15) is 21.6 Å². The molecule has 10 heteroatoms. The minimum absolute atomic E-state index is 0.0111. The van der Waals surface area contributed by atoms with E-state index in [-0.39, 0.29) is 27.9 Å². The molecule has 4 aromatic rings. The third kappa shape index (κ3) is 5.10. The Bertz CT molecular complexity index is 1320. The van der Waals surface area contributed by atoms with Gasteiger partial charge in [0.15, 0.2) is 5.16 Å². The number of carbonyl (C=O) groups excluding carboxylic acids is 1. The van der Waals surface area contributed by atoms with Crippen molar-refractivity contribution in [3.05, 3.63) is 106 Å². The van der Waals surface area contributed by atoms with Crippen LogP contribution in [0.25, 0.3) is 5.69 Å². The fourth-order valence-corrected chi connectivity index (χ4v) is 4.61. The molecule has 2 heterocycles. The summed E-state index contributed by atoms with van der Waals surface area (Å²) in [5.74, 6) is -2.16. The van der Waals surface area contributed by atoms with Gasteiger partial charge in [-0.25, -0.2) is 18.2 Å². The van der Waals surface area contributed by atoms with E-state index in [1.165, 1.54) is 35.4 Å². The molecule has 34 heavy (non-hydrogen) atoms. The average molecular weight is 503 g/mol. The molecule has 0 aliphatic rings. The zero-order chi connectivity index (χ0) is 24.2. The van der Waals surface area contributed by atoms with Crippen molar-refractivity contribution in [3.63, 3.8) is 0 Å². The summed E-state index contributed by atoms with van der Waals surface area (Å²) in [5.41, 5.74) is 1.61. The topological polar surface area (TPSA) is 51.0 Å². The van der Waals surface area contributed by atoms with E-state index in [0.29, 0.717) is 17.4 Å². The Balaban J connectivity index is 1.67. The van der Waals surface area contributed by atoms with Crippen LogP contribution in [-0.4, -0.2) is 32.4 Å². The van der Waals surface area contributed by atoms with Gasteiger partial charge in [-0.1, -0.05) is 23.4 Å². The van der Waals surface area contributed by atoms with E-state index in [2.05, 4.69) is 9.97 Å². The van der Waals surface area contributed by atoms with E-state index in [1.54, 1.807) is 36.1 Å². The molecular formula is C24H18ClF3N4OS. The molecule has 1 amide bonds. The summed E-state index contributed by atoms with van der Waals surface area (Å²) in [6.45, 7) is 0.336. The van der Waals surface area contributed by atoms with Crippen molar-refractivity contribution in [2.45, 2.75) is 17.5 Å². The first kappa shape index (κ1) is 23.8. The number of hydrogen-bond acceptors (Lipinski definition) is 4. The Morgan fingerprint density at radius 3 is 2.41 bits per heavy atom. The van der Waals surface area contributed by atoms with E-state index < -0.39 is 17.5 Å². The lowest BCUT2D eigenvalue weighted by molar-refractivity contribution is 0.0776. The molecule has 0 aliphatic heterocycles. The minimum Gasteiger partial charge on any atom is -0.336 e. The van der Waals surface area contributed by atoms with Gasteiger partial charge in [-0.05, 0) is 54.1 Å². The Labute approximate surface area is 203 Å². The zero-order valence-corrected chi connectivity index (χ0v) is 19.5. The molecule has 0 aliphatic carbocycles. The number of hydrogen-bond donors (Lipinski definition) is 0. The second-order valence-electron chi connectivity index (χ2n) is 7.36. The number of amides is 1. The van der Waals surface area contributed by atoms with E-state index in [0.717, 1.165) is 29.5 Å². The molecule has 4 rings (SSSR count). The summed E-state index contributed by atoms with van der Waals surface area (Å²) in [6, 6.07) is 11.1. The standard InChI is InChI=1S/C24H18ClF3N4OS/c1-31(13-15-8-10-29-11-9-15)23(33)21-12-30-24(32(21)17-4-2-16(26)3-5-17)34-14-18-19(27)6-7-20(28)22(18)25/h2-12H,13-14H2,1H3. The normalized spacial score (nSPS) is 11.0. The molecular weight excluding hydrogens is 485 g/mol. The number of carbonyl (C=O) groups is 1. The predicted molar refractivity (Wildman–Crippen MR) is 124 cm³/mol. The van der Waals surface area contributed by atoms with Crippen LogP contribution in [0.3, 0.4) is 0 Å². The molecule has 2 aromatic carbocycles. The molecule has 0 fully saturated rings. The van der Waals surface area contributed by atoms with Crippen LogP contribution in [-0.2, 0) is 12.3 Å². The van der Waals surface area contributed by atoms with Gasteiger partial charge in [-0.3, -0.25) is 14.3 Å². The Hall–Kier alpha value is -3.30. The minimum atomic E-state index is -0.728. The van der Waals surface area contributed by atoms with Gasteiger partial charge in [-0.2, -0.15) is 0 Å². The van der Waals surface area contributed by atoms with Gasteiger partial charge < -0.3 is 4.90 Å². The first-order valence-corrected chi connectivity index (χ1v) is 11.4. The molecule has 0 spiro atoms. The van der Waals surface area contributed by atoms with E-state index >= 15 is 0 Å². The number of rotatable bonds is 7. The molecule has 0 N–H and O–H groups in total.